The Kier molecular flexibility index (Phi) is 2.87. The van der Waals surface area contributed by atoms with E-state index in [-0.39, 0.29) is 22.3 Å². The van der Waals surface area contributed by atoms with Gasteiger partial charge in [-0.05, 0) is 12.1 Å². The minimum Gasteiger partial charge on any atom is -0.432 e. The van der Waals surface area contributed by atoms with Crippen LogP contribution in [0.25, 0.3) is 0 Å². The van der Waals surface area contributed by atoms with Gasteiger partial charge in [-0.1, -0.05) is 17.7 Å². The molecule has 0 aliphatic heterocycles. The number of hydrogen-bond acceptors (Lipinski definition) is 4. The maximum absolute atomic E-state index is 13.4. The summed E-state index contributed by atoms with van der Waals surface area (Å²) >= 11 is 5.77. The quantitative estimate of drug-likeness (QED) is 0.819. The first-order valence-electron chi connectivity index (χ1n) is 4.36. The fraction of sp³-hybridized carbons (Fsp3) is 0. The third-order valence-corrected chi connectivity index (χ3v) is 2.09. The Bertz CT molecular complexity index is 501. The predicted octanol–water partition coefficient (Wildman–Crippen LogP) is 2.64. The number of halogens is 2. The highest BCUT2D eigenvalue weighted by atomic mass is 35.5. The van der Waals surface area contributed by atoms with E-state index in [1.165, 1.54) is 30.7 Å². The summed E-state index contributed by atoms with van der Waals surface area (Å²) in [4.78, 5) is 7.45. The number of nitrogens with two attached hydrogens (primary N) is 1. The monoisotopic (exact) mass is 239 g/mol. The fourth-order valence-corrected chi connectivity index (χ4v) is 1.25. The number of ether oxygens (including phenoxy) is 1. The molecule has 4 nitrogen and oxygen atoms in total. The Hall–Kier alpha value is -1.88. The SMILES string of the molecule is Nc1cccc(F)c1Oc1ncncc1Cl. The number of para-hydroxylation sites is 1. The van der Waals surface area contributed by atoms with Crippen molar-refractivity contribution in [2.45, 2.75) is 0 Å². The highest BCUT2D eigenvalue weighted by Gasteiger charge is 2.11. The fourth-order valence-electron chi connectivity index (χ4n) is 1.11. The van der Waals surface area contributed by atoms with Gasteiger partial charge in [-0.3, -0.25) is 0 Å². The van der Waals surface area contributed by atoms with Crippen molar-refractivity contribution in [1.29, 1.82) is 0 Å². The Morgan fingerprint density at radius 2 is 2.19 bits per heavy atom. The van der Waals surface area contributed by atoms with Crippen LogP contribution in [0.1, 0.15) is 0 Å². The van der Waals surface area contributed by atoms with Gasteiger partial charge in [0, 0.05) is 0 Å². The third kappa shape index (κ3) is 2.04. The molecule has 16 heavy (non-hydrogen) atoms. The largest absolute Gasteiger partial charge is 0.432 e. The summed E-state index contributed by atoms with van der Waals surface area (Å²) < 4.78 is 18.6. The van der Waals surface area contributed by atoms with Gasteiger partial charge in [0.05, 0.1) is 11.9 Å². The molecule has 82 valence electrons. The first kappa shape index (κ1) is 10.6. The van der Waals surface area contributed by atoms with Gasteiger partial charge in [-0.15, -0.1) is 0 Å². The second kappa shape index (κ2) is 4.32. The lowest BCUT2D eigenvalue weighted by Gasteiger charge is -2.08. The lowest BCUT2D eigenvalue weighted by Crippen LogP contribution is -1.97. The standard InChI is InChI=1S/C10H7ClFN3O/c11-6-4-14-5-15-10(6)16-9-7(12)2-1-3-8(9)13/h1-5H,13H2. The Morgan fingerprint density at radius 1 is 1.38 bits per heavy atom. The number of anilines is 1. The van der Waals surface area contributed by atoms with Crippen LogP contribution in [-0.4, -0.2) is 9.97 Å². The summed E-state index contributed by atoms with van der Waals surface area (Å²) in [5.74, 6) is -0.605. The molecule has 1 heterocycles. The van der Waals surface area contributed by atoms with Gasteiger partial charge in [0.25, 0.3) is 0 Å². The smallest absolute Gasteiger partial charge is 0.241 e. The van der Waals surface area contributed by atoms with E-state index in [9.17, 15) is 4.39 Å². The number of rotatable bonds is 2. The van der Waals surface area contributed by atoms with Gasteiger partial charge in [0.15, 0.2) is 11.6 Å². The molecule has 0 aliphatic carbocycles. The van der Waals surface area contributed by atoms with Crippen LogP contribution in [0.2, 0.25) is 5.02 Å². The van der Waals surface area contributed by atoms with Gasteiger partial charge >= 0.3 is 0 Å². The summed E-state index contributed by atoms with van der Waals surface area (Å²) in [5, 5.41) is 0.185. The Labute approximate surface area is 95.9 Å². The van der Waals surface area contributed by atoms with Crippen LogP contribution in [0.15, 0.2) is 30.7 Å². The zero-order valence-electron chi connectivity index (χ0n) is 8.02. The number of nitrogen functional groups attached to an aromatic ring is 1. The molecule has 1 aromatic carbocycles. The highest BCUT2D eigenvalue weighted by molar-refractivity contribution is 6.31. The van der Waals surface area contributed by atoms with Crippen molar-refractivity contribution in [3.63, 3.8) is 0 Å². The first-order chi connectivity index (χ1) is 7.68. The van der Waals surface area contributed by atoms with Crippen LogP contribution < -0.4 is 10.5 Å². The molecule has 0 amide bonds. The normalized spacial score (nSPS) is 10.1. The highest BCUT2D eigenvalue weighted by Crippen LogP contribution is 2.31. The second-order valence-corrected chi connectivity index (χ2v) is 3.34. The van der Waals surface area contributed by atoms with E-state index in [1.54, 1.807) is 0 Å². The van der Waals surface area contributed by atoms with Gasteiger partial charge in [0.2, 0.25) is 5.88 Å². The number of hydrogen-bond donors (Lipinski definition) is 1. The molecule has 0 unspecified atom stereocenters. The van der Waals surface area contributed by atoms with Crippen molar-refractivity contribution in [3.8, 4) is 11.6 Å². The van der Waals surface area contributed by atoms with Crippen LogP contribution in [-0.2, 0) is 0 Å². The van der Waals surface area contributed by atoms with Crippen molar-refractivity contribution in [1.82, 2.24) is 9.97 Å². The van der Waals surface area contributed by atoms with Crippen molar-refractivity contribution < 1.29 is 9.13 Å². The molecule has 0 bridgehead atoms. The van der Waals surface area contributed by atoms with Crippen LogP contribution in [0, 0.1) is 5.82 Å². The Balaban J connectivity index is 2.38. The van der Waals surface area contributed by atoms with E-state index >= 15 is 0 Å². The molecule has 0 spiro atoms. The molecule has 6 heteroatoms. The lowest BCUT2D eigenvalue weighted by atomic mass is 10.3. The molecule has 0 fully saturated rings. The van der Waals surface area contributed by atoms with E-state index in [0.29, 0.717) is 0 Å². The Morgan fingerprint density at radius 3 is 2.88 bits per heavy atom. The number of aromatic nitrogens is 2. The minimum absolute atomic E-state index is 0.0634. The maximum Gasteiger partial charge on any atom is 0.241 e. The molecule has 0 atom stereocenters. The summed E-state index contributed by atoms with van der Waals surface area (Å²) in [6.45, 7) is 0. The second-order valence-electron chi connectivity index (χ2n) is 2.94. The van der Waals surface area contributed by atoms with E-state index in [1.807, 2.05) is 0 Å². The van der Waals surface area contributed by atoms with Crippen LogP contribution in [0.5, 0.6) is 11.6 Å². The molecular weight excluding hydrogens is 233 g/mol. The molecular formula is C10H7ClFN3O. The molecule has 0 saturated heterocycles. The average Bonchev–Trinajstić information content (AvgIpc) is 2.26. The summed E-state index contributed by atoms with van der Waals surface area (Å²) in [6.07, 6.45) is 2.60. The average molecular weight is 240 g/mol. The minimum atomic E-state index is -0.574. The topological polar surface area (TPSA) is 61.0 Å². The molecule has 2 N–H and O–H groups in total. The van der Waals surface area contributed by atoms with Gasteiger partial charge in [-0.25, -0.2) is 14.4 Å². The van der Waals surface area contributed by atoms with E-state index in [2.05, 4.69) is 9.97 Å². The molecule has 2 aromatic rings. The number of benzene rings is 1. The first-order valence-corrected chi connectivity index (χ1v) is 4.73. The van der Waals surface area contributed by atoms with Gasteiger partial charge in [0.1, 0.15) is 11.3 Å². The van der Waals surface area contributed by atoms with Crippen LogP contribution >= 0.6 is 11.6 Å². The molecule has 1 aromatic heterocycles. The van der Waals surface area contributed by atoms with E-state index < -0.39 is 5.82 Å². The van der Waals surface area contributed by atoms with Crippen molar-refractivity contribution in [2.24, 2.45) is 0 Å². The molecule has 0 radical (unpaired) electrons. The van der Waals surface area contributed by atoms with E-state index in [0.717, 1.165) is 0 Å². The van der Waals surface area contributed by atoms with Gasteiger partial charge in [-0.2, -0.15) is 0 Å². The summed E-state index contributed by atoms with van der Waals surface area (Å²) in [6, 6.07) is 4.24. The van der Waals surface area contributed by atoms with Gasteiger partial charge < -0.3 is 10.5 Å². The lowest BCUT2D eigenvalue weighted by molar-refractivity contribution is 0.429. The zero-order chi connectivity index (χ0) is 11.5. The zero-order valence-corrected chi connectivity index (χ0v) is 8.78. The summed E-state index contributed by atoms with van der Waals surface area (Å²) in [5.41, 5.74) is 5.74. The van der Waals surface area contributed by atoms with Crippen molar-refractivity contribution in [2.75, 3.05) is 5.73 Å². The summed E-state index contributed by atoms with van der Waals surface area (Å²) in [7, 11) is 0. The van der Waals surface area contributed by atoms with Crippen molar-refractivity contribution in [3.05, 3.63) is 41.6 Å². The molecule has 0 saturated carbocycles. The van der Waals surface area contributed by atoms with E-state index in [4.69, 9.17) is 22.1 Å². The maximum atomic E-state index is 13.4. The van der Waals surface area contributed by atoms with Crippen molar-refractivity contribution >= 4 is 17.3 Å². The predicted molar refractivity (Wildman–Crippen MR) is 57.9 cm³/mol. The van der Waals surface area contributed by atoms with Crippen LogP contribution in [0.3, 0.4) is 0 Å². The van der Waals surface area contributed by atoms with Crippen LogP contribution in [0.4, 0.5) is 10.1 Å². The molecule has 2 rings (SSSR count). The molecule has 0 aliphatic rings. The number of nitrogens with zero attached hydrogens (tertiary/aromatic N) is 2. The third-order valence-electron chi connectivity index (χ3n) is 1.83.